The molecule has 31 heavy (non-hydrogen) atoms. The number of amides is 1. The molecule has 0 N–H and O–H groups in total. The summed E-state index contributed by atoms with van der Waals surface area (Å²) in [4.78, 5) is 18.0. The van der Waals surface area contributed by atoms with Crippen LogP contribution in [-0.2, 0) is 11.8 Å². The summed E-state index contributed by atoms with van der Waals surface area (Å²) in [5.41, 5.74) is 3.67. The number of aryl methyl sites for hydroxylation is 1. The van der Waals surface area contributed by atoms with Crippen LogP contribution in [0.2, 0.25) is 0 Å². The average molecular weight is 423 g/mol. The standard InChI is InChI=1S/C27H35FN2O/c1-3-5-6-15-29-16-8-13-27(14-17-29)20-30(25-12-11-23(28)19-24(25)27)26(31)22-10-7-9-21(4-2)18-22/h7,9-12,18-19H,3-6,8,13-17,20H2,1-2H3. The molecule has 0 saturated carbocycles. The molecule has 2 aromatic rings. The van der Waals surface area contributed by atoms with E-state index in [9.17, 15) is 9.18 Å². The minimum Gasteiger partial charge on any atom is -0.307 e. The van der Waals surface area contributed by atoms with Gasteiger partial charge in [-0.25, -0.2) is 4.39 Å². The van der Waals surface area contributed by atoms with Crippen LogP contribution in [0.4, 0.5) is 10.1 Å². The number of nitrogens with zero attached hydrogens (tertiary/aromatic N) is 2. The maximum atomic E-state index is 14.3. The molecule has 0 radical (unpaired) electrons. The van der Waals surface area contributed by atoms with Gasteiger partial charge in [0, 0.05) is 23.2 Å². The Bertz CT molecular complexity index is 927. The third-order valence-electron chi connectivity index (χ3n) is 7.22. The highest BCUT2D eigenvalue weighted by Gasteiger charge is 2.45. The molecule has 3 nitrogen and oxygen atoms in total. The molecule has 4 heteroatoms. The van der Waals surface area contributed by atoms with Crippen molar-refractivity contribution in [3.8, 4) is 0 Å². The zero-order chi connectivity index (χ0) is 21.8. The second-order valence-corrected chi connectivity index (χ2v) is 9.29. The van der Waals surface area contributed by atoms with Crippen molar-refractivity contribution < 1.29 is 9.18 Å². The maximum Gasteiger partial charge on any atom is 0.258 e. The third kappa shape index (κ3) is 4.55. The van der Waals surface area contributed by atoms with E-state index in [0.717, 1.165) is 67.7 Å². The first-order chi connectivity index (χ1) is 15.1. The molecule has 1 saturated heterocycles. The van der Waals surface area contributed by atoms with Gasteiger partial charge in [-0.3, -0.25) is 4.79 Å². The fourth-order valence-electron chi connectivity index (χ4n) is 5.39. The van der Waals surface area contributed by atoms with E-state index < -0.39 is 0 Å². The van der Waals surface area contributed by atoms with E-state index in [4.69, 9.17) is 0 Å². The van der Waals surface area contributed by atoms with E-state index >= 15 is 0 Å². The highest BCUT2D eigenvalue weighted by atomic mass is 19.1. The molecule has 0 aromatic heterocycles. The first-order valence-electron chi connectivity index (χ1n) is 12.0. The number of rotatable bonds is 6. The van der Waals surface area contributed by atoms with Crippen LogP contribution < -0.4 is 4.90 Å². The second-order valence-electron chi connectivity index (χ2n) is 9.29. The molecule has 2 aliphatic heterocycles. The Balaban J connectivity index is 1.61. The first kappa shape index (κ1) is 22.0. The van der Waals surface area contributed by atoms with Crippen LogP contribution in [-0.4, -0.2) is 37.0 Å². The smallest absolute Gasteiger partial charge is 0.258 e. The van der Waals surface area contributed by atoms with Crippen LogP contribution in [0.15, 0.2) is 42.5 Å². The highest BCUT2D eigenvalue weighted by Crippen LogP contribution is 2.47. The van der Waals surface area contributed by atoms with Gasteiger partial charge in [0.05, 0.1) is 0 Å². The normalized spacial score (nSPS) is 21.3. The topological polar surface area (TPSA) is 23.6 Å². The number of benzene rings is 2. The molecule has 1 fully saturated rings. The van der Waals surface area contributed by atoms with Crippen molar-refractivity contribution in [2.75, 3.05) is 31.1 Å². The lowest BCUT2D eigenvalue weighted by Crippen LogP contribution is -2.38. The fourth-order valence-corrected chi connectivity index (χ4v) is 5.39. The van der Waals surface area contributed by atoms with Gasteiger partial charge in [-0.2, -0.15) is 0 Å². The van der Waals surface area contributed by atoms with Gasteiger partial charge in [-0.05, 0) is 93.2 Å². The lowest BCUT2D eigenvalue weighted by atomic mass is 9.76. The van der Waals surface area contributed by atoms with Gasteiger partial charge in [0.15, 0.2) is 0 Å². The minimum absolute atomic E-state index is 0.0316. The van der Waals surface area contributed by atoms with Crippen LogP contribution in [0.25, 0.3) is 0 Å². The molecule has 2 aromatic carbocycles. The van der Waals surface area contributed by atoms with E-state index in [0.29, 0.717) is 6.54 Å². The van der Waals surface area contributed by atoms with Gasteiger partial charge in [0.1, 0.15) is 5.82 Å². The van der Waals surface area contributed by atoms with Gasteiger partial charge in [0.25, 0.3) is 5.91 Å². The lowest BCUT2D eigenvalue weighted by molar-refractivity contribution is 0.0983. The van der Waals surface area contributed by atoms with Gasteiger partial charge in [-0.15, -0.1) is 0 Å². The third-order valence-corrected chi connectivity index (χ3v) is 7.22. The van der Waals surface area contributed by atoms with Crippen molar-refractivity contribution >= 4 is 11.6 Å². The zero-order valence-corrected chi connectivity index (χ0v) is 19.0. The monoisotopic (exact) mass is 422 g/mol. The molecule has 166 valence electrons. The van der Waals surface area contributed by atoms with Crippen LogP contribution >= 0.6 is 0 Å². The predicted molar refractivity (Wildman–Crippen MR) is 125 cm³/mol. The summed E-state index contributed by atoms with van der Waals surface area (Å²) in [6, 6.07) is 12.9. The number of anilines is 1. The summed E-state index contributed by atoms with van der Waals surface area (Å²) in [6.07, 6.45) is 7.74. The van der Waals surface area contributed by atoms with Crippen molar-refractivity contribution in [3.05, 3.63) is 65.0 Å². The number of fused-ring (bicyclic) bond motifs is 2. The van der Waals surface area contributed by atoms with Gasteiger partial charge < -0.3 is 9.80 Å². The molecule has 2 aliphatic rings. The Labute approximate surface area is 186 Å². The number of unbranched alkanes of at least 4 members (excludes halogenated alkanes) is 2. The molecule has 1 atom stereocenters. The molecule has 1 unspecified atom stereocenters. The number of carbonyl (C=O) groups is 1. The molecule has 0 bridgehead atoms. The van der Waals surface area contributed by atoms with E-state index in [1.54, 1.807) is 6.07 Å². The molecule has 2 heterocycles. The number of hydrogen-bond acceptors (Lipinski definition) is 2. The zero-order valence-electron chi connectivity index (χ0n) is 19.0. The summed E-state index contributed by atoms with van der Waals surface area (Å²) in [5.74, 6) is -0.173. The van der Waals surface area contributed by atoms with E-state index in [2.05, 4.69) is 24.8 Å². The Morgan fingerprint density at radius 3 is 2.74 bits per heavy atom. The summed E-state index contributed by atoms with van der Waals surface area (Å²) in [6.45, 7) is 8.26. The molecule has 4 rings (SSSR count). The van der Waals surface area contributed by atoms with Gasteiger partial charge in [0.2, 0.25) is 0 Å². The van der Waals surface area contributed by atoms with Crippen molar-refractivity contribution in [2.24, 2.45) is 0 Å². The first-order valence-corrected chi connectivity index (χ1v) is 12.0. The fraction of sp³-hybridized carbons (Fsp3) is 0.519. The van der Waals surface area contributed by atoms with Crippen molar-refractivity contribution in [2.45, 2.75) is 64.2 Å². The highest BCUT2D eigenvalue weighted by molar-refractivity contribution is 6.07. The van der Waals surface area contributed by atoms with Gasteiger partial charge >= 0.3 is 0 Å². The Hall–Kier alpha value is -2.20. The van der Waals surface area contributed by atoms with Crippen LogP contribution in [0.5, 0.6) is 0 Å². The predicted octanol–water partition coefficient (Wildman–Crippen LogP) is 5.96. The Kier molecular flexibility index (Phi) is 6.76. The van der Waals surface area contributed by atoms with Crippen molar-refractivity contribution in [1.29, 1.82) is 0 Å². The molecule has 0 aliphatic carbocycles. The molecule has 1 amide bonds. The van der Waals surface area contributed by atoms with Crippen LogP contribution in [0.1, 0.15) is 73.9 Å². The lowest BCUT2D eigenvalue weighted by Gasteiger charge is -2.29. The molecule has 1 spiro atoms. The second kappa shape index (κ2) is 9.52. The quantitative estimate of drug-likeness (QED) is 0.536. The maximum absolute atomic E-state index is 14.3. The van der Waals surface area contributed by atoms with Crippen LogP contribution in [0.3, 0.4) is 0 Å². The number of halogens is 1. The van der Waals surface area contributed by atoms with Crippen molar-refractivity contribution in [1.82, 2.24) is 4.90 Å². The summed E-state index contributed by atoms with van der Waals surface area (Å²) >= 11 is 0. The summed E-state index contributed by atoms with van der Waals surface area (Å²) < 4.78 is 14.3. The Morgan fingerprint density at radius 2 is 1.94 bits per heavy atom. The van der Waals surface area contributed by atoms with Gasteiger partial charge in [-0.1, -0.05) is 38.8 Å². The summed E-state index contributed by atoms with van der Waals surface area (Å²) in [7, 11) is 0. The number of hydrogen-bond donors (Lipinski definition) is 0. The largest absolute Gasteiger partial charge is 0.307 e. The van der Waals surface area contributed by atoms with E-state index in [1.165, 1.54) is 25.3 Å². The summed E-state index contributed by atoms with van der Waals surface area (Å²) in [5, 5.41) is 0. The minimum atomic E-state index is -0.204. The van der Waals surface area contributed by atoms with Crippen molar-refractivity contribution in [3.63, 3.8) is 0 Å². The average Bonchev–Trinajstić information content (AvgIpc) is 2.95. The van der Waals surface area contributed by atoms with E-state index in [1.807, 2.05) is 29.2 Å². The molecular formula is C27H35FN2O. The van der Waals surface area contributed by atoms with Crippen LogP contribution in [0, 0.1) is 5.82 Å². The number of carbonyl (C=O) groups excluding carboxylic acids is 1. The van der Waals surface area contributed by atoms with E-state index in [-0.39, 0.29) is 17.1 Å². The molecular weight excluding hydrogens is 387 g/mol. The Morgan fingerprint density at radius 1 is 1.06 bits per heavy atom. The SMILES string of the molecule is CCCCCN1CCCC2(CC1)CN(C(=O)c1cccc(CC)c1)c1ccc(F)cc12. The number of likely N-dealkylation sites (tertiary alicyclic amines) is 1.